The van der Waals surface area contributed by atoms with Crippen molar-refractivity contribution in [1.29, 1.82) is 0 Å². The number of rotatable bonds is 1. The van der Waals surface area contributed by atoms with Crippen molar-refractivity contribution in [2.75, 3.05) is 14.2 Å². The van der Waals surface area contributed by atoms with Gasteiger partial charge >= 0.3 is 6.02 Å². The van der Waals surface area contributed by atoms with E-state index in [0.717, 1.165) is 0 Å². The summed E-state index contributed by atoms with van der Waals surface area (Å²) >= 11 is 0. The molecule has 0 atom stereocenters. The molecule has 63 valence electrons. The van der Waals surface area contributed by atoms with Crippen molar-refractivity contribution >= 4 is 6.02 Å². The zero-order chi connectivity index (χ0) is 7.40. The van der Waals surface area contributed by atoms with Gasteiger partial charge in [-0.1, -0.05) is 0 Å². The van der Waals surface area contributed by atoms with Crippen LogP contribution in [0.5, 0.6) is 0 Å². The summed E-state index contributed by atoms with van der Waals surface area (Å²) in [6.07, 6.45) is 1.45. The van der Waals surface area contributed by atoms with Crippen molar-refractivity contribution in [2.24, 2.45) is 4.99 Å². The Morgan fingerprint density at radius 3 is 2.50 bits per heavy atom. The van der Waals surface area contributed by atoms with E-state index in [9.17, 15) is 0 Å². The van der Waals surface area contributed by atoms with Crippen molar-refractivity contribution in [3.63, 3.8) is 0 Å². The summed E-state index contributed by atoms with van der Waals surface area (Å²) < 4.78 is 9.50. The maximum atomic E-state index is 4.77. The first-order valence-corrected chi connectivity index (χ1v) is 2.69. The second kappa shape index (κ2) is 7.59. The van der Waals surface area contributed by atoms with Gasteiger partial charge in [-0.3, -0.25) is 0 Å². The van der Waals surface area contributed by atoms with E-state index in [4.69, 9.17) is 9.47 Å². The van der Waals surface area contributed by atoms with Crippen molar-refractivity contribution in [3.05, 3.63) is 17.8 Å². The Hall–Kier alpha value is -0.0566. The molecule has 0 N–H and O–H groups in total. The van der Waals surface area contributed by atoms with Gasteiger partial charge in [-0.2, -0.15) is 10.3 Å². The number of aliphatic imine (C=N–C) groups is 1. The molecule has 0 aromatic heterocycles. The number of ether oxygens (including phenoxy) is 2. The van der Waals surface area contributed by atoms with Gasteiger partial charge in [0, 0.05) is 19.5 Å². The maximum absolute atomic E-state index is 4.77. The van der Waals surface area contributed by atoms with Crippen LogP contribution in [-0.2, 0) is 29.0 Å². The standard InChI is InChI=1S/C6H7N2O2.HI.Zn/c1-9-5-3-4-7-6(8-5)10-2;;/h4H,1-2H3;1H;/p-1. The third-order valence-electron chi connectivity index (χ3n) is 0.936. The summed E-state index contributed by atoms with van der Waals surface area (Å²) in [4.78, 5) is 3.74. The molecule has 6 heteroatoms. The summed E-state index contributed by atoms with van der Waals surface area (Å²) in [7, 11) is 3.01. The molecule has 1 heterocycles. The van der Waals surface area contributed by atoms with Gasteiger partial charge in [-0.25, -0.2) is 0 Å². The van der Waals surface area contributed by atoms with Crippen molar-refractivity contribution < 1.29 is 52.9 Å². The molecule has 0 aromatic rings. The normalized spacial score (nSPS) is 12.5. The van der Waals surface area contributed by atoms with E-state index < -0.39 is 0 Å². The predicted molar refractivity (Wildman–Crippen MR) is 35.2 cm³/mol. The molecule has 4 nitrogen and oxygen atoms in total. The molecule has 0 unspecified atom stereocenters. The van der Waals surface area contributed by atoms with Crippen LogP contribution in [0.4, 0.5) is 0 Å². The Bertz CT molecular complexity index is 224. The van der Waals surface area contributed by atoms with Crippen LogP contribution in [-0.4, -0.2) is 20.2 Å². The molecule has 0 aromatic carbocycles. The zero-order valence-electron chi connectivity index (χ0n) is 6.87. The molecule has 12 heavy (non-hydrogen) atoms. The number of hydrogen-bond donors (Lipinski definition) is 0. The smallest absolute Gasteiger partial charge is 0.320 e. The average Bonchev–Trinajstić information content (AvgIpc) is 2.05. The number of nitrogens with zero attached hydrogens (tertiary/aromatic N) is 2. The predicted octanol–water partition coefficient (Wildman–Crippen LogP) is -2.79. The monoisotopic (exact) mass is 330 g/mol. The van der Waals surface area contributed by atoms with Crippen LogP contribution in [0.3, 0.4) is 0 Å². The zero-order valence-corrected chi connectivity index (χ0v) is 12.0. The minimum absolute atomic E-state index is 0. The molecular weight excluding hydrogens is 324 g/mol. The average molecular weight is 331 g/mol. The molecule has 0 amide bonds. The minimum Gasteiger partial charge on any atom is -1.00 e. The van der Waals surface area contributed by atoms with E-state index in [0.29, 0.717) is 5.88 Å². The number of hydrogen-bond acceptors (Lipinski definition) is 3. The first kappa shape index (κ1) is 14.5. The van der Waals surface area contributed by atoms with Gasteiger partial charge in [-0.15, -0.1) is 0 Å². The Labute approximate surface area is 101 Å². The van der Waals surface area contributed by atoms with Gasteiger partial charge < -0.3 is 33.5 Å². The molecule has 1 aliphatic rings. The van der Waals surface area contributed by atoms with Crippen LogP contribution in [0.25, 0.3) is 0 Å². The van der Waals surface area contributed by atoms with Crippen LogP contribution in [0, 0.1) is 0 Å². The van der Waals surface area contributed by atoms with Crippen LogP contribution in [0.1, 0.15) is 0 Å². The molecular formula is C6H7IN2O2Zn-. The van der Waals surface area contributed by atoms with E-state index in [2.05, 4.69) is 16.0 Å². The van der Waals surface area contributed by atoms with Gasteiger partial charge in [-0.05, 0) is 5.73 Å². The molecule has 0 aliphatic carbocycles. The van der Waals surface area contributed by atoms with E-state index in [1.165, 1.54) is 20.4 Å². The topological polar surface area (TPSA) is 44.9 Å². The van der Waals surface area contributed by atoms with Crippen LogP contribution in [0.2, 0.25) is 0 Å². The SMILES string of the molecule is COC1=C=CN=C(OC)[N]1.[I-].[Zn]. The molecule has 0 bridgehead atoms. The Balaban J connectivity index is 0. The van der Waals surface area contributed by atoms with Crippen molar-refractivity contribution in [3.8, 4) is 0 Å². The Kier molecular flexibility index (Phi) is 9.14. The molecule has 1 radical (unpaired) electrons. The van der Waals surface area contributed by atoms with E-state index in [-0.39, 0.29) is 49.5 Å². The summed E-state index contributed by atoms with van der Waals surface area (Å²) in [6, 6.07) is 0.288. The summed E-state index contributed by atoms with van der Waals surface area (Å²) in [5.41, 5.74) is 2.67. The molecule has 0 spiro atoms. The molecule has 0 saturated heterocycles. The number of amidine groups is 1. The molecule has 0 fully saturated rings. The van der Waals surface area contributed by atoms with Crippen LogP contribution < -0.4 is 29.3 Å². The fourth-order valence-electron chi connectivity index (χ4n) is 0.494. The fraction of sp³-hybridized carbons (Fsp3) is 0.333. The van der Waals surface area contributed by atoms with Gasteiger partial charge in [0.25, 0.3) is 5.88 Å². The molecule has 1 rings (SSSR count). The van der Waals surface area contributed by atoms with Crippen molar-refractivity contribution in [1.82, 2.24) is 5.32 Å². The van der Waals surface area contributed by atoms with E-state index >= 15 is 0 Å². The second-order valence-electron chi connectivity index (χ2n) is 1.51. The maximum Gasteiger partial charge on any atom is 0.320 e. The molecule has 0 saturated carbocycles. The number of halogens is 1. The first-order chi connectivity index (χ1) is 4.86. The first-order valence-electron chi connectivity index (χ1n) is 2.69. The molecule has 1 aliphatic heterocycles. The van der Waals surface area contributed by atoms with Gasteiger partial charge in [0.15, 0.2) is 0 Å². The van der Waals surface area contributed by atoms with Gasteiger partial charge in [0.05, 0.1) is 20.4 Å². The van der Waals surface area contributed by atoms with Gasteiger partial charge in [0.2, 0.25) is 0 Å². The van der Waals surface area contributed by atoms with Crippen LogP contribution in [0.15, 0.2) is 22.8 Å². The minimum atomic E-state index is 0. The Morgan fingerprint density at radius 1 is 1.33 bits per heavy atom. The third kappa shape index (κ3) is 4.09. The van der Waals surface area contributed by atoms with Gasteiger partial charge in [0.1, 0.15) is 0 Å². The number of methoxy groups -OCH3 is 2. The van der Waals surface area contributed by atoms with E-state index in [1.54, 1.807) is 0 Å². The van der Waals surface area contributed by atoms with Crippen LogP contribution >= 0.6 is 0 Å². The van der Waals surface area contributed by atoms with Crippen molar-refractivity contribution in [2.45, 2.75) is 0 Å². The summed E-state index contributed by atoms with van der Waals surface area (Å²) in [5, 5.41) is 3.80. The summed E-state index contributed by atoms with van der Waals surface area (Å²) in [6.45, 7) is 0. The fourth-order valence-corrected chi connectivity index (χ4v) is 0.494. The Morgan fingerprint density at radius 2 is 2.00 bits per heavy atom. The summed E-state index contributed by atoms with van der Waals surface area (Å²) in [5.74, 6) is 0.381. The largest absolute Gasteiger partial charge is 1.00 e. The third-order valence-corrected chi connectivity index (χ3v) is 0.936. The van der Waals surface area contributed by atoms with E-state index in [1.807, 2.05) is 0 Å². The quantitative estimate of drug-likeness (QED) is 0.296. The second-order valence-corrected chi connectivity index (χ2v) is 1.51.